The molecule has 34 heavy (non-hydrogen) atoms. The first-order valence-electron chi connectivity index (χ1n) is 10.3. The molecule has 13 nitrogen and oxygen atoms in total. The number of nitrogen functional groups attached to an aromatic ring is 1. The second kappa shape index (κ2) is 10.8. The van der Waals surface area contributed by atoms with Crippen LogP contribution in [0.4, 0.5) is 14.7 Å². The zero-order valence-electron chi connectivity index (χ0n) is 18.7. The number of carbonyl (C=O) groups is 2. The van der Waals surface area contributed by atoms with Gasteiger partial charge in [0.1, 0.15) is 12.3 Å². The second-order valence-corrected chi connectivity index (χ2v) is 9.23. The molecule has 4 unspecified atom stereocenters. The van der Waals surface area contributed by atoms with Gasteiger partial charge in [0, 0.05) is 6.42 Å². The van der Waals surface area contributed by atoms with Gasteiger partial charge in [0.15, 0.2) is 19.6 Å². The number of halogens is 2. The first kappa shape index (κ1) is 26.0. The monoisotopic (exact) mass is 505 g/mol. The number of esters is 1. The molecular formula is C18H26F2N7O6P. The number of ether oxygens (including phenoxy) is 2. The number of aromatic nitrogens is 4. The summed E-state index contributed by atoms with van der Waals surface area (Å²) in [6.07, 6.45) is -2.20. The topological polar surface area (TPSA) is 175 Å². The standard InChI is InChI=1S/C18H26F2N7O6P/c1-9(2)32-15(30)10(3)26-34(23-4-5-28)31-7-11-6-18(19,20)16(33-11)27-8-22-12-13(27)24-17(21)25-14(12)29/h5,8-11,16,23,26H,4,6-7H2,1-3H3,(H3,21,24,25,29). The van der Waals surface area contributed by atoms with Gasteiger partial charge in [-0.15, -0.1) is 0 Å². The van der Waals surface area contributed by atoms with Crippen LogP contribution in [0, 0.1) is 0 Å². The van der Waals surface area contributed by atoms with Crippen molar-refractivity contribution in [3.05, 3.63) is 16.7 Å². The molecule has 0 spiro atoms. The van der Waals surface area contributed by atoms with Crippen LogP contribution in [0.3, 0.4) is 0 Å². The van der Waals surface area contributed by atoms with Crippen LogP contribution in [0.25, 0.3) is 11.2 Å². The summed E-state index contributed by atoms with van der Waals surface area (Å²) in [5.74, 6) is -4.11. The van der Waals surface area contributed by atoms with Gasteiger partial charge in [0.2, 0.25) is 12.2 Å². The van der Waals surface area contributed by atoms with E-state index in [1.54, 1.807) is 20.8 Å². The third-order valence-corrected chi connectivity index (χ3v) is 6.11. The fourth-order valence-electron chi connectivity index (χ4n) is 3.19. The Morgan fingerprint density at radius 1 is 1.50 bits per heavy atom. The van der Waals surface area contributed by atoms with Crippen LogP contribution in [0.15, 0.2) is 11.1 Å². The van der Waals surface area contributed by atoms with Crippen molar-refractivity contribution in [2.45, 2.75) is 57.6 Å². The first-order valence-corrected chi connectivity index (χ1v) is 11.6. The number of nitrogens with one attached hydrogen (secondary N) is 3. The summed E-state index contributed by atoms with van der Waals surface area (Å²) in [4.78, 5) is 44.7. The first-order chi connectivity index (χ1) is 16.0. The highest BCUT2D eigenvalue weighted by atomic mass is 31.2. The van der Waals surface area contributed by atoms with E-state index >= 15 is 0 Å². The van der Waals surface area contributed by atoms with Gasteiger partial charge in [-0.3, -0.25) is 24.2 Å². The number of nitrogens with zero attached hydrogens (tertiary/aromatic N) is 3. The van der Waals surface area contributed by atoms with Crippen LogP contribution >= 0.6 is 8.45 Å². The molecule has 4 atom stereocenters. The lowest BCUT2D eigenvalue weighted by Crippen LogP contribution is -2.37. The number of anilines is 1. The Balaban J connectivity index is 1.68. The number of alkyl halides is 2. The quantitative estimate of drug-likeness (QED) is 0.191. The summed E-state index contributed by atoms with van der Waals surface area (Å²) in [5, 5.41) is 5.62. The lowest BCUT2D eigenvalue weighted by Gasteiger charge is -2.24. The van der Waals surface area contributed by atoms with Gasteiger partial charge < -0.3 is 24.5 Å². The fourth-order valence-corrected chi connectivity index (χ4v) is 4.46. The van der Waals surface area contributed by atoms with Gasteiger partial charge in [-0.1, -0.05) is 0 Å². The minimum absolute atomic E-state index is 0.0857. The van der Waals surface area contributed by atoms with Crippen LogP contribution in [0.1, 0.15) is 33.4 Å². The zero-order chi connectivity index (χ0) is 25.0. The summed E-state index contributed by atoms with van der Waals surface area (Å²) in [5.41, 5.74) is 4.58. The van der Waals surface area contributed by atoms with E-state index in [0.717, 1.165) is 10.9 Å². The summed E-state index contributed by atoms with van der Waals surface area (Å²) in [6, 6.07) is -0.779. The maximum Gasteiger partial charge on any atom is 0.323 e. The minimum Gasteiger partial charge on any atom is -0.462 e. The van der Waals surface area contributed by atoms with E-state index in [1.165, 1.54) is 0 Å². The molecule has 2 aromatic heterocycles. The smallest absolute Gasteiger partial charge is 0.323 e. The molecule has 1 aliphatic rings. The van der Waals surface area contributed by atoms with Crippen LogP contribution in [0.2, 0.25) is 0 Å². The van der Waals surface area contributed by atoms with Gasteiger partial charge in [-0.25, -0.2) is 18.9 Å². The van der Waals surface area contributed by atoms with Gasteiger partial charge in [0.25, 0.3) is 11.5 Å². The molecule has 3 rings (SSSR count). The molecule has 5 N–H and O–H groups in total. The summed E-state index contributed by atoms with van der Waals surface area (Å²) in [6.45, 7) is 4.59. The number of nitrogens with two attached hydrogens (primary N) is 1. The molecule has 1 aliphatic heterocycles. The van der Waals surface area contributed by atoms with E-state index in [-0.39, 0.29) is 36.4 Å². The molecule has 16 heteroatoms. The van der Waals surface area contributed by atoms with E-state index in [9.17, 15) is 23.2 Å². The predicted molar refractivity (Wildman–Crippen MR) is 117 cm³/mol. The van der Waals surface area contributed by atoms with Gasteiger partial charge in [0.05, 0.1) is 31.7 Å². The fraction of sp³-hybridized carbons (Fsp3) is 0.611. The van der Waals surface area contributed by atoms with Crippen LogP contribution in [-0.2, 0) is 23.6 Å². The summed E-state index contributed by atoms with van der Waals surface area (Å²) in [7, 11) is -1.76. The lowest BCUT2D eigenvalue weighted by atomic mass is 10.2. The number of hydrogen-bond acceptors (Lipinski definition) is 11. The molecule has 188 valence electrons. The van der Waals surface area contributed by atoms with E-state index in [0.29, 0.717) is 6.29 Å². The van der Waals surface area contributed by atoms with Crippen molar-refractivity contribution in [1.82, 2.24) is 29.7 Å². The maximum absolute atomic E-state index is 14.8. The largest absolute Gasteiger partial charge is 0.462 e. The molecule has 0 aliphatic carbocycles. The van der Waals surface area contributed by atoms with Crippen LogP contribution in [0.5, 0.6) is 0 Å². The Hall–Kier alpha value is -2.58. The normalized spacial score (nSPS) is 21.6. The Kier molecular flexibility index (Phi) is 8.25. The molecule has 1 fully saturated rings. The van der Waals surface area contributed by atoms with E-state index < -0.39 is 50.7 Å². The summed E-state index contributed by atoms with van der Waals surface area (Å²) >= 11 is 0. The van der Waals surface area contributed by atoms with Gasteiger partial charge in [-0.2, -0.15) is 4.98 Å². The second-order valence-electron chi connectivity index (χ2n) is 7.81. The molecule has 0 aromatic carbocycles. The Bertz CT molecular complexity index is 1080. The molecule has 1 saturated heterocycles. The van der Waals surface area contributed by atoms with Crippen molar-refractivity contribution < 1.29 is 32.4 Å². The van der Waals surface area contributed by atoms with E-state index in [4.69, 9.17) is 19.7 Å². The molecule has 0 saturated carbocycles. The zero-order valence-corrected chi connectivity index (χ0v) is 19.6. The van der Waals surface area contributed by atoms with Crippen molar-refractivity contribution in [1.29, 1.82) is 0 Å². The number of aldehydes is 1. The summed E-state index contributed by atoms with van der Waals surface area (Å²) < 4.78 is 46.8. The van der Waals surface area contributed by atoms with Crippen molar-refractivity contribution in [3.63, 3.8) is 0 Å². The van der Waals surface area contributed by atoms with Gasteiger partial charge >= 0.3 is 5.97 Å². The molecule has 2 aromatic rings. The average molecular weight is 505 g/mol. The number of fused-ring (bicyclic) bond motifs is 1. The third-order valence-electron chi connectivity index (χ3n) is 4.61. The molecular weight excluding hydrogens is 479 g/mol. The molecule has 0 bridgehead atoms. The highest BCUT2D eigenvalue weighted by Gasteiger charge is 2.52. The number of imidazole rings is 1. The molecule has 3 heterocycles. The van der Waals surface area contributed by atoms with Crippen molar-refractivity contribution in [2.75, 3.05) is 18.9 Å². The third kappa shape index (κ3) is 6.10. The van der Waals surface area contributed by atoms with Crippen molar-refractivity contribution in [3.8, 4) is 0 Å². The predicted octanol–water partition coefficient (Wildman–Crippen LogP) is 0.586. The number of carbonyl (C=O) groups excluding carboxylic acids is 2. The number of hydrogen-bond donors (Lipinski definition) is 4. The average Bonchev–Trinajstić information content (AvgIpc) is 3.28. The Morgan fingerprint density at radius 2 is 2.24 bits per heavy atom. The molecule has 0 amide bonds. The lowest BCUT2D eigenvalue weighted by molar-refractivity contribution is -0.149. The van der Waals surface area contributed by atoms with Crippen molar-refractivity contribution in [2.24, 2.45) is 0 Å². The van der Waals surface area contributed by atoms with Crippen LogP contribution in [-0.4, -0.2) is 69.1 Å². The highest BCUT2D eigenvalue weighted by molar-refractivity contribution is 7.48. The minimum atomic E-state index is -3.33. The number of aromatic amines is 1. The van der Waals surface area contributed by atoms with Crippen LogP contribution < -0.4 is 21.5 Å². The van der Waals surface area contributed by atoms with Crippen molar-refractivity contribution >= 4 is 37.8 Å². The Labute approximate surface area is 193 Å². The van der Waals surface area contributed by atoms with E-state index in [1.807, 2.05) is 0 Å². The highest BCUT2D eigenvalue weighted by Crippen LogP contribution is 2.44. The number of H-pyrrole nitrogens is 1. The molecule has 0 radical (unpaired) electrons. The Morgan fingerprint density at radius 3 is 2.91 bits per heavy atom. The SMILES string of the molecule is CC(C)OC(=O)C(C)NP(NCC=O)OCC1CC(F)(F)C(n2cnc3c(=O)[nH]c(N)nc32)O1. The van der Waals surface area contributed by atoms with E-state index in [2.05, 4.69) is 25.1 Å². The maximum atomic E-state index is 14.8. The number of rotatable bonds is 11. The van der Waals surface area contributed by atoms with Gasteiger partial charge in [-0.05, 0) is 20.8 Å².